The van der Waals surface area contributed by atoms with Crippen molar-refractivity contribution in [2.75, 3.05) is 0 Å². The third kappa shape index (κ3) is 11.4. The number of carbonyl (C=O) groups is 2. The Hall–Kier alpha value is -0.860. The molecular weight excluding hydrogens is 216 g/mol. The number of hydrogen-bond acceptors (Lipinski definition) is 3. The van der Waals surface area contributed by atoms with Crippen LogP contribution in [0.3, 0.4) is 0 Å². The van der Waals surface area contributed by atoms with E-state index >= 15 is 0 Å². The minimum atomic E-state index is -0.516. The molecule has 0 saturated heterocycles. The normalized spacial score (nSPS) is 12.5. The molecule has 1 unspecified atom stereocenters. The van der Waals surface area contributed by atoms with Gasteiger partial charge in [0.2, 0.25) is 0 Å². The highest BCUT2D eigenvalue weighted by atomic mass is 16.5. The van der Waals surface area contributed by atoms with E-state index in [-0.39, 0.29) is 5.97 Å². The zero-order valence-electron chi connectivity index (χ0n) is 10.8. The van der Waals surface area contributed by atoms with Crippen LogP contribution in [0, 0.1) is 19.8 Å². The number of aldehydes is 1. The molecule has 3 heteroatoms. The van der Waals surface area contributed by atoms with Gasteiger partial charge in [-0.3, -0.25) is 4.79 Å². The summed E-state index contributed by atoms with van der Waals surface area (Å²) in [5.74, 6) is 0.126. The van der Waals surface area contributed by atoms with Crippen molar-refractivity contribution in [2.45, 2.75) is 58.0 Å². The molecule has 0 saturated carbocycles. The molecule has 0 spiro atoms. The van der Waals surface area contributed by atoms with Gasteiger partial charge in [-0.1, -0.05) is 32.6 Å². The first-order valence-electron chi connectivity index (χ1n) is 6.35. The Morgan fingerprint density at radius 1 is 1.24 bits per heavy atom. The maximum atomic E-state index is 11.3. The van der Waals surface area contributed by atoms with E-state index in [1.807, 2.05) is 6.92 Å². The second-order valence-electron chi connectivity index (χ2n) is 4.58. The predicted octanol–water partition coefficient (Wildman–Crippen LogP) is 3.13. The van der Waals surface area contributed by atoms with Crippen molar-refractivity contribution in [1.29, 1.82) is 0 Å². The lowest BCUT2D eigenvalue weighted by Gasteiger charge is -2.12. The highest BCUT2D eigenvalue weighted by Crippen LogP contribution is 2.15. The lowest BCUT2D eigenvalue weighted by atomic mass is 9.99. The lowest BCUT2D eigenvalue weighted by Crippen LogP contribution is -2.14. The van der Waals surface area contributed by atoms with Gasteiger partial charge in [0.1, 0.15) is 12.4 Å². The fourth-order valence-corrected chi connectivity index (χ4v) is 1.69. The van der Waals surface area contributed by atoms with Crippen molar-refractivity contribution in [3.8, 4) is 0 Å². The van der Waals surface area contributed by atoms with Gasteiger partial charge in [-0.2, -0.15) is 0 Å². The minimum absolute atomic E-state index is 0.214. The Labute approximate surface area is 105 Å². The average molecular weight is 240 g/mol. The fraction of sp³-hybridized carbons (Fsp3) is 0.714. The molecular formula is C14H24O3. The van der Waals surface area contributed by atoms with Crippen molar-refractivity contribution in [2.24, 2.45) is 5.92 Å². The summed E-state index contributed by atoms with van der Waals surface area (Å²) in [7, 11) is 0. The summed E-state index contributed by atoms with van der Waals surface area (Å²) >= 11 is 0. The second kappa shape index (κ2) is 10.3. The van der Waals surface area contributed by atoms with E-state index in [4.69, 9.17) is 4.74 Å². The van der Waals surface area contributed by atoms with Crippen LogP contribution in [-0.4, -0.2) is 18.4 Å². The maximum absolute atomic E-state index is 11.3. The number of ether oxygens (including phenoxy) is 1. The van der Waals surface area contributed by atoms with Crippen LogP contribution in [-0.2, 0) is 14.3 Å². The molecule has 0 aliphatic rings. The zero-order chi connectivity index (χ0) is 13.1. The molecule has 0 aliphatic carbocycles. The SMILES string of the molecule is [CH2]C([CH2])OC(=O)CC(C)CCCCCCC=O. The van der Waals surface area contributed by atoms with Crippen LogP contribution >= 0.6 is 0 Å². The Balaban J connectivity index is 3.42. The maximum Gasteiger partial charge on any atom is 0.306 e. The molecule has 0 aromatic carbocycles. The summed E-state index contributed by atoms with van der Waals surface area (Å²) in [6.07, 6.45) is 6.87. The highest BCUT2D eigenvalue weighted by Gasteiger charge is 2.11. The summed E-state index contributed by atoms with van der Waals surface area (Å²) in [4.78, 5) is 21.4. The van der Waals surface area contributed by atoms with Crippen LogP contribution in [0.1, 0.15) is 51.9 Å². The Kier molecular flexibility index (Phi) is 9.78. The van der Waals surface area contributed by atoms with Crippen LogP contribution in [0.15, 0.2) is 0 Å². The van der Waals surface area contributed by atoms with E-state index in [2.05, 4.69) is 13.8 Å². The van der Waals surface area contributed by atoms with E-state index in [0.717, 1.165) is 38.4 Å². The standard InChI is InChI=1S/C14H24O3/c1-12(2)17-14(16)11-13(3)9-7-5-4-6-8-10-15/h10,12-13H,1-2,4-9,11H2,3H3. The van der Waals surface area contributed by atoms with Crippen LogP contribution in [0.2, 0.25) is 0 Å². The van der Waals surface area contributed by atoms with Gasteiger partial charge in [-0.15, -0.1) is 0 Å². The van der Waals surface area contributed by atoms with Crippen LogP contribution in [0.25, 0.3) is 0 Å². The zero-order valence-corrected chi connectivity index (χ0v) is 10.8. The number of unbranched alkanes of at least 4 members (excludes halogenated alkanes) is 4. The molecule has 0 fully saturated rings. The van der Waals surface area contributed by atoms with Gasteiger partial charge in [0, 0.05) is 12.8 Å². The van der Waals surface area contributed by atoms with E-state index in [0.29, 0.717) is 18.8 Å². The molecule has 0 rings (SSSR count). The summed E-state index contributed by atoms with van der Waals surface area (Å²) in [6.45, 7) is 9.06. The van der Waals surface area contributed by atoms with Crippen molar-refractivity contribution in [1.82, 2.24) is 0 Å². The molecule has 2 radical (unpaired) electrons. The molecule has 0 N–H and O–H groups in total. The number of hydrogen-bond donors (Lipinski definition) is 0. The third-order valence-corrected chi connectivity index (χ3v) is 2.58. The van der Waals surface area contributed by atoms with Gasteiger partial charge in [-0.25, -0.2) is 0 Å². The molecule has 0 heterocycles. The van der Waals surface area contributed by atoms with Gasteiger partial charge in [-0.05, 0) is 26.2 Å². The number of carbonyl (C=O) groups excluding carboxylic acids is 2. The van der Waals surface area contributed by atoms with E-state index in [9.17, 15) is 9.59 Å². The fourth-order valence-electron chi connectivity index (χ4n) is 1.69. The van der Waals surface area contributed by atoms with E-state index in [1.54, 1.807) is 0 Å². The van der Waals surface area contributed by atoms with Crippen LogP contribution in [0.5, 0.6) is 0 Å². The molecule has 98 valence electrons. The highest BCUT2D eigenvalue weighted by molar-refractivity contribution is 5.69. The van der Waals surface area contributed by atoms with Gasteiger partial charge in [0.25, 0.3) is 0 Å². The summed E-state index contributed by atoms with van der Waals surface area (Å²) in [5, 5.41) is 0. The molecule has 3 nitrogen and oxygen atoms in total. The predicted molar refractivity (Wildman–Crippen MR) is 68.1 cm³/mol. The largest absolute Gasteiger partial charge is 0.462 e. The Morgan fingerprint density at radius 2 is 1.88 bits per heavy atom. The summed E-state index contributed by atoms with van der Waals surface area (Å²) in [5.41, 5.74) is 0. The Bertz CT molecular complexity index is 212. The summed E-state index contributed by atoms with van der Waals surface area (Å²) in [6, 6.07) is 0. The molecule has 17 heavy (non-hydrogen) atoms. The van der Waals surface area contributed by atoms with Gasteiger partial charge in [0.15, 0.2) is 0 Å². The topological polar surface area (TPSA) is 43.4 Å². The van der Waals surface area contributed by atoms with Crippen molar-refractivity contribution < 1.29 is 14.3 Å². The third-order valence-electron chi connectivity index (χ3n) is 2.58. The van der Waals surface area contributed by atoms with Crippen molar-refractivity contribution in [3.05, 3.63) is 13.8 Å². The molecule has 0 aromatic heterocycles. The monoisotopic (exact) mass is 240 g/mol. The molecule has 0 aliphatic heterocycles. The van der Waals surface area contributed by atoms with E-state index < -0.39 is 6.10 Å². The van der Waals surface area contributed by atoms with E-state index in [1.165, 1.54) is 0 Å². The van der Waals surface area contributed by atoms with Gasteiger partial charge < -0.3 is 9.53 Å². The lowest BCUT2D eigenvalue weighted by molar-refractivity contribution is -0.146. The van der Waals surface area contributed by atoms with Crippen molar-refractivity contribution in [3.63, 3.8) is 0 Å². The number of rotatable bonds is 10. The average Bonchev–Trinajstić information content (AvgIpc) is 2.21. The van der Waals surface area contributed by atoms with Gasteiger partial charge >= 0.3 is 5.97 Å². The Morgan fingerprint density at radius 3 is 2.47 bits per heavy atom. The second-order valence-corrected chi connectivity index (χ2v) is 4.58. The molecule has 0 bridgehead atoms. The van der Waals surface area contributed by atoms with Crippen LogP contribution < -0.4 is 0 Å². The smallest absolute Gasteiger partial charge is 0.306 e. The van der Waals surface area contributed by atoms with Crippen LogP contribution in [0.4, 0.5) is 0 Å². The van der Waals surface area contributed by atoms with Crippen molar-refractivity contribution >= 4 is 12.3 Å². The molecule has 1 atom stereocenters. The van der Waals surface area contributed by atoms with Gasteiger partial charge in [0.05, 0.1) is 0 Å². The first-order chi connectivity index (χ1) is 8.06. The first kappa shape index (κ1) is 16.1. The molecule has 0 amide bonds. The minimum Gasteiger partial charge on any atom is -0.462 e. The first-order valence-corrected chi connectivity index (χ1v) is 6.35. The quantitative estimate of drug-likeness (QED) is 0.335. The molecule has 0 aromatic rings. The number of esters is 1. The summed E-state index contributed by atoms with van der Waals surface area (Å²) < 4.78 is 4.88.